The predicted molar refractivity (Wildman–Crippen MR) is 114 cm³/mol. The Kier molecular flexibility index (Phi) is 5.14. The standard InChI is InChI=1S/C24H18F2N2O2/c1-2-27-23-17(10-9-16(22(23)26)14-6-4-3-5-7-14)21-13-19(24(29)30)18-12-15(25)8-11-20(18)28-21/h3-13,27H,2H2,1H3,(H,29,30). The molecule has 4 aromatic rings. The first-order valence-electron chi connectivity index (χ1n) is 9.45. The summed E-state index contributed by atoms with van der Waals surface area (Å²) in [5, 5.41) is 12.9. The smallest absolute Gasteiger partial charge is 0.336 e. The highest BCUT2D eigenvalue weighted by atomic mass is 19.1. The summed E-state index contributed by atoms with van der Waals surface area (Å²) >= 11 is 0. The molecule has 3 aromatic carbocycles. The van der Waals surface area contributed by atoms with E-state index in [1.807, 2.05) is 37.3 Å². The highest BCUT2D eigenvalue weighted by Crippen LogP contribution is 2.37. The van der Waals surface area contributed by atoms with E-state index >= 15 is 4.39 Å². The van der Waals surface area contributed by atoms with Crippen LogP contribution in [0.2, 0.25) is 0 Å². The van der Waals surface area contributed by atoms with Gasteiger partial charge in [-0.25, -0.2) is 18.6 Å². The van der Waals surface area contributed by atoms with Gasteiger partial charge in [0.15, 0.2) is 5.82 Å². The van der Waals surface area contributed by atoms with Crippen molar-refractivity contribution in [2.45, 2.75) is 6.92 Å². The van der Waals surface area contributed by atoms with E-state index in [1.54, 1.807) is 12.1 Å². The number of nitrogens with zero attached hydrogens (tertiary/aromatic N) is 1. The molecule has 0 radical (unpaired) electrons. The van der Waals surface area contributed by atoms with E-state index in [2.05, 4.69) is 10.3 Å². The van der Waals surface area contributed by atoms with E-state index in [9.17, 15) is 14.3 Å². The van der Waals surface area contributed by atoms with Gasteiger partial charge in [-0.3, -0.25) is 0 Å². The van der Waals surface area contributed by atoms with Crippen molar-refractivity contribution in [3.63, 3.8) is 0 Å². The highest BCUT2D eigenvalue weighted by molar-refractivity contribution is 6.04. The molecule has 30 heavy (non-hydrogen) atoms. The zero-order valence-corrected chi connectivity index (χ0v) is 16.1. The van der Waals surface area contributed by atoms with E-state index in [4.69, 9.17) is 0 Å². The molecular weight excluding hydrogens is 386 g/mol. The minimum Gasteiger partial charge on any atom is -0.478 e. The summed E-state index contributed by atoms with van der Waals surface area (Å²) in [5.74, 6) is -2.20. The fraction of sp³-hybridized carbons (Fsp3) is 0.0833. The van der Waals surface area contributed by atoms with Crippen LogP contribution in [0.5, 0.6) is 0 Å². The normalized spacial score (nSPS) is 10.9. The Balaban J connectivity index is 1.96. The number of aromatic carboxylic acids is 1. The molecule has 1 heterocycles. The average molecular weight is 404 g/mol. The first kappa shape index (κ1) is 19.5. The number of nitrogens with one attached hydrogen (secondary N) is 1. The van der Waals surface area contributed by atoms with E-state index in [0.717, 1.165) is 11.6 Å². The molecule has 0 saturated carbocycles. The van der Waals surface area contributed by atoms with Gasteiger partial charge in [0, 0.05) is 23.1 Å². The Morgan fingerprint density at radius 2 is 1.73 bits per heavy atom. The molecule has 0 aliphatic rings. The predicted octanol–water partition coefficient (Wildman–Crippen LogP) is 5.98. The van der Waals surface area contributed by atoms with Crippen LogP contribution in [0, 0.1) is 11.6 Å². The number of fused-ring (bicyclic) bond motifs is 1. The molecule has 150 valence electrons. The minimum absolute atomic E-state index is 0.0931. The van der Waals surface area contributed by atoms with Crippen LogP contribution in [0.25, 0.3) is 33.3 Å². The van der Waals surface area contributed by atoms with Gasteiger partial charge in [0.2, 0.25) is 0 Å². The maximum Gasteiger partial charge on any atom is 0.336 e. The number of benzene rings is 3. The number of aromatic nitrogens is 1. The van der Waals surface area contributed by atoms with Gasteiger partial charge >= 0.3 is 5.97 Å². The van der Waals surface area contributed by atoms with Crippen LogP contribution in [0.3, 0.4) is 0 Å². The van der Waals surface area contributed by atoms with Crippen LogP contribution in [0.15, 0.2) is 66.7 Å². The summed E-state index contributed by atoms with van der Waals surface area (Å²) in [4.78, 5) is 16.3. The minimum atomic E-state index is -1.21. The van der Waals surface area contributed by atoms with E-state index in [0.29, 0.717) is 28.9 Å². The number of anilines is 1. The summed E-state index contributed by atoms with van der Waals surface area (Å²) in [6.07, 6.45) is 0. The molecule has 0 aliphatic carbocycles. The van der Waals surface area contributed by atoms with Crippen molar-refractivity contribution in [2.24, 2.45) is 0 Å². The number of hydrogen-bond donors (Lipinski definition) is 2. The molecule has 0 amide bonds. The van der Waals surface area contributed by atoms with Crippen molar-refractivity contribution in [2.75, 3.05) is 11.9 Å². The number of carboxylic acids is 1. The third kappa shape index (κ3) is 3.48. The molecule has 0 fully saturated rings. The first-order chi connectivity index (χ1) is 14.5. The highest BCUT2D eigenvalue weighted by Gasteiger charge is 2.19. The van der Waals surface area contributed by atoms with Crippen LogP contribution in [0.4, 0.5) is 14.5 Å². The number of carboxylic acid groups (broad SMARTS) is 1. The van der Waals surface area contributed by atoms with Gasteiger partial charge in [-0.15, -0.1) is 0 Å². The Morgan fingerprint density at radius 3 is 2.43 bits per heavy atom. The van der Waals surface area contributed by atoms with Crippen molar-refractivity contribution >= 4 is 22.6 Å². The number of pyridine rings is 1. The lowest BCUT2D eigenvalue weighted by Crippen LogP contribution is -2.05. The Morgan fingerprint density at radius 1 is 1.00 bits per heavy atom. The molecule has 0 aliphatic heterocycles. The Hall–Kier alpha value is -3.80. The number of hydrogen-bond acceptors (Lipinski definition) is 3. The quantitative estimate of drug-likeness (QED) is 0.430. The monoisotopic (exact) mass is 404 g/mol. The van der Waals surface area contributed by atoms with Crippen molar-refractivity contribution in [1.29, 1.82) is 0 Å². The molecule has 2 N–H and O–H groups in total. The summed E-state index contributed by atoms with van der Waals surface area (Å²) in [7, 11) is 0. The molecule has 4 rings (SSSR count). The molecule has 0 unspecified atom stereocenters. The van der Waals surface area contributed by atoms with Gasteiger partial charge in [-0.2, -0.15) is 0 Å². The number of carbonyl (C=O) groups is 1. The lowest BCUT2D eigenvalue weighted by atomic mass is 9.98. The topological polar surface area (TPSA) is 62.2 Å². The Labute approximate surface area is 171 Å². The first-order valence-corrected chi connectivity index (χ1v) is 9.45. The summed E-state index contributed by atoms with van der Waals surface area (Å²) in [6.45, 7) is 2.31. The van der Waals surface area contributed by atoms with Crippen molar-refractivity contribution < 1.29 is 18.7 Å². The lowest BCUT2D eigenvalue weighted by Gasteiger charge is -2.16. The molecular formula is C24H18F2N2O2. The van der Waals surface area contributed by atoms with Crippen LogP contribution in [-0.2, 0) is 0 Å². The average Bonchev–Trinajstić information content (AvgIpc) is 2.75. The van der Waals surface area contributed by atoms with Gasteiger partial charge < -0.3 is 10.4 Å². The molecule has 4 nitrogen and oxygen atoms in total. The maximum atomic E-state index is 15.5. The summed E-state index contributed by atoms with van der Waals surface area (Å²) in [6, 6.07) is 17.6. The molecule has 0 saturated heterocycles. The molecule has 6 heteroatoms. The van der Waals surface area contributed by atoms with E-state index in [1.165, 1.54) is 18.2 Å². The fourth-order valence-electron chi connectivity index (χ4n) is 3.49. The van der Waals surface area contributed by atoms with Gasteiger partial charge in [0.1, 0.15) is 5.82 Å². The van der Waals surface area contributed by atoms with Gasteiger partial charge in [0.05, 0.1) is 22.5 Å². The molecule has 0 spiro atoms. The van der Waals surface area contributed by atoms with Gasteiger partial charge in [-0.1, -0.05) is 36.4 Å². The van der Waals surface area contributed by atoms with Crippen molar-refractivity contribution in [3.05, 3.63) is 83.9 Å². The fourth-order valence-corrected chi connectivity index (χ4v) is 3.49. The van der Waals surface area contributed by atoms with E-state index in [-0.39, 0.29) is 16.6 Å². The second-order valence-corrected chi connectivity index (χ2v) is 6.77. The van der Waals surface area contributed by atoms with Gasteiger partial charge in [0.25, 0.3) is 0 Å². The molecule has 0 bridgehead atoms. The van der Waals surface area contributed by atoms with Crippen LogP contribution in [0.1, 0.15) is 17.3 Å². The second kappa shape index (κ2) is 7.91. The lowest BCUT2D eigenvalue weighted by molar-refractivity contribution is 0.0699. The van der Waals surface area contributed by atoms with Gasteiger partial charge in [-0.05, 0) is 42.8 Å². The molecule has 0 atom stereocenters. The van der Waals surface area contributed by atoms with E-state index < -0.39 is 17.6 Å². The zero-order chi connectivity index (χ0) is 21.3. The third-order valence-electron chi connectivity index (χ3n) is 4.86. The number of halogens is 2. The molecule has 1 aromatic heterocycles. The maximum absolute atomic E-state index is 15.5. The SMILES string of the molecule is CCNc1c(-c2cc(C(=O)O)c3cc(F)ccc3n2)ccc(-c2ccccc2)c1F. The van der Waals surface area contributed by atoms with Crippen molar-refractivity contribution in [3.8, 4) is 22.4 Å². The van der Waals surface area contributed by atoms with Crippen LogP contribution in [-0.4, -0.2) is 22.6 Å². The third-order valence-corrected chi connectivity index (χ3v) is 4.86. The van der Waals surface area contributed by atoms with Crippen molar-refractivity contribution in [1.82, 2.24) is 4.98 Å². The Bertz CT molecular complexity index is 1260. The zero-order valence-electron chi connectivity index (χ0n) is 16.1. The summed E-state index contributed by atoms with van der Waals surface area (Å²) in [5.41, 5.74) is 2.35. The summed E-state index contributed by atoms with van der Waals surface area (Å²) < 4.78 is 29.1. The largest absolute Gasteiger partial charge is 0.478 e. The van der Waals surface area contributed by atoms with Crippen LogP contribution < -0.4 is 5.32 Å². The second-order valence-electron chi connectivity index (χ2n) is 6.77. The van der Waals surface area contributed by atoms with Crippen LogP contribution >= 0.6 is 0 Å². The number of rotatable bonds is 5.